The minimum Gasteiger partial charge on any atom is -0.355 e. The van der Waals surface area contributed by atoms with Gasteiger partial charge in [0.15, 0.2) is 0 Å². The second-order valence-corrected chi connectivity index (χ2v) is 2.55. The minimum absolute atomic E-state index is 0.198. The fraction of sp³-hybridized carbons (Fsp3) is 0.143. The van der Waals surface area contributed by atoms with Gasteiger partial charge in [0.2, 0.25) is 0 Å². The molecule has 0 spiro atoms. The summed E-state index contributed by atoms with van der Waals surface area (Å²) in [6, 6.07) is 3.04. The molecule has 58 valence electrons. The molecule has 4 heteroatoms. The van der Waals surface area contributed by atoms with Crippen LogP contribution in [0.4, 0.5) is 0 Å². The van der Waals surface area contributed by atoms with Crippen molar-refractivity contribution in [1.29, 1.82) is 0 Å². The largest absolute Gasteiger partial charge is 0.355 e. The molecule has 0 unspecified atom stereocenters. The van der Waals surface area contributed by atoms with Crippen molar-refractivity contribution in [3.05, 3.63) is 28.5 Å². The van der Waals surface area contributed by atoms with Crippen molar-refractivity contribution in [3.63, 3.8) is 0 Å². The van der Waals surface area contributed by atoms with Gasteiger partial charge in [-0.1, -0.05) is 0 Å². The van der Waals surface area contributed by atoms with Crippen LogP contribution in [0, 0.1) is 0 Å². The summed E-state index contributed by atoms with van der Waals surface area (Å²) in [5.74, 6) is -0.676. The van der Waals surface area contributed by atoms with E-state index in [2.05, 4.69) is 20.9 Å². The van der Waals surface area contributed by atoms with Crippen molar-refractivity contribution in [2.45, 2.75) is 0 Å². The Kier molecular flexibility index (Phi) is 1.54. The van der Waals surface area contributed by atoms with Crippen LogP contribution in [-0.2, 0) is 0 Å². The van der Waals surface area contributed by atoms with Gasteiger partial charge in [0.05, 0.1) is 5.56 Å². The number of hydrogen-bond donors (Lipinski definition) is 1. The van der Waals surface area contributed by atoms with Crippen LogP contribution in [0.1, 0.15) is 14.5 Å². The highest BCUT2D eigenvalue weighted by atomic mass is 79.9. The smallest absolute Gasteiger partial charge is 0.253 e. The molecule has 0 fully saturated rings. The molecule has 0 saturated carbocycles. The minimum atomic E-state index is -2.48. The third-order valence-electron chi connectivity index (χ3n) is 1.12. The zero-order chi connectivity index (χ0) is 10.8. The third kappa shape index (κ3) is 1.77. The monoisotopic (exact) mass is 217 g/mol. The lowest BCUT2D eigenvalue weighted by Crippen LogP contribution is -2.18. The van der Waals surface area contributed by atoms with Crippen LogP contribution in [0.2, 0.25) is 0 Å². The Morgan fingerprint density at radius 3 is 3.36 bits per heavy atom. The number of hydrogen-bond acceptors (Lipinski definition) is 2. The summed E-state index contributed by atoms with van der Waals surface area (Å²) in [6.45, 7) is -2.48. The van der Waals surface area contributed by atoms with Gasteiger partial charge in [0.1, 0.15) is 4.60 Å². The SMILES string of the molecule is [2H]C([2H])([2H])NC(=O)c1cccnc1Br. The average molecular weight is 218 g/mol. The lowest BCUT2D eigenvalue weighted by atomic mass is 10.3. The van der Waals surface area contributed by atoms with Gasteiger partial charge in [-0.05, 0) is 28.1 Å². The van der Waals surface area contributed by atoms with Crippen LogP contribution in [0.15, 0.2) is 22.9 Å². The molecule has 0 radical (unpaired) electrons. The molecule has 0 saturated heterocycles. The van der Waals surface area contributed by atoms with Crippen molar-refractivity contribution in [3.8, 4) is 0 Å². The first-order valence-electron chi connectivity index (χ1n) is 4.33. The molecule has 0 aliphatic carbocycles. The molecular weight excluding hydrogens is 208 g/mol. The third-order valence-corrected chi connectivity index (χ3v) is 1.75. The standard InChI is InChI=1S/C7H7BrN2O/c1-9-7(11)5-3-2-4-10-6(5)8/h2-4H,1H3,(H,9,11)/i1D3. The predicted octanol–water partition coefficient (Wildman–Crippen LogP) is 1.20. The van der Waals surface area contributed by atoms with Gasteiger partial charge >= 0.3 is 0 Å². The van der Waals surface area contributed by atoms with Crippen LogP contribution in [0.3, 0.4) is 0 Å². The molecule has 1 N–H and O–H groups in total. The molecule has 0 aromatic carbocycles. The van der Waals surface area contributed by atoms with Crippen LogP contribution >= 0.6 is 15.9 Å². The van der Waals surface area contributed by atoms with E-state index in [-0.39, 0.29) is 5.56 Å². The summed E-state index contributed by atoms with van der Waals surface area (Å²) in [6.07, 6.45) is 1.50. The number of carbonyl (C=O) groups excluding carboxylic acids is 1. The van der Waals surface area contributed by atoms with Gasteiger partial charge in [-0.15, -0.1) is 0 Å². The van der Waals surface area contributed by atoms with E-state index < -0.39 is 12.9 Å². The first-order chi connectivity index (χ1) is 6.40. The van der Waals surface area contributed by atoms with Gasteiger partial charge in [-0.2, -0.15) is 0 Å². The Morgan fingerprint density at radius 2 is 2.73 bits per heavy atom. The van der Waals surface area contributed by atoms with Crippen LogP contribution in [0.5, 0.6) is 0 Å². The lowest BCUT2D eigenvalue weighted by molar-refractivity contribution is 0.0962. The van der Waals surface area contributed by atoms with Crippen molar-refractivity contribution in [1.82, 2.24) is 10.3 Å². The first kappa shape index (κ1) is 4.87. The number of nitrogens with zero attached hydrogens (tertiary/aromatic N) is 1. The van der Waals surface area contributed by atoms with E-state index in [9.17, 15) is 4.79 Å². The highest BCUT2D eigenvalue weighted by Crippen LogP contribution is 2.11. The van der Waals surface area contributed by atoms with Gasteiger partial charge < -0.3 is 5.32 Å². The number of pyridine rings is 1. The van der Waals surface area contributed by atoms with Crippen LogP contribution in [-0.4, -0.2) is 17.9 Å². The summed E-state index contributed by atoms with van der Waals surface area (Å²) in [7, 11) is 0. The molecule has 1 heterocycles. The fourth-order valence-corrected chi connectivity index (χ4v) is 1.05. The first-order valence-corrected chi connectivity index (χ1v) is 3.62. The normalized spacial score (nSPS) is 14.5. The zero-order valence-corrected chi connectivity index (χ0v) is 7.05. The van der Waals surface area contributed by atoms with Crippen molar-refractivity contribution in [2.75, 3.05) is 6.98 Å². The molecule has 0 aliphatic rings. The number of halogens is 1. The van der Waals surface area contributed by atoms with Gasteiger partial charge in [0.25, 0.3) is 5.91 Å². The number of amides is 1. The summed E-state index contributed by atoms with van der Waals surface area (Å²) in [5.41, 5.74) is 0.198. The van der Waals surface area contributed by atoms with E-state index in [1.165, 1.54) is 12.3 Å². The highest BCUT2D eigenvalue weighted by Gasteiger charge is 2.06. The van der Waals surface area contributed by atoms with Crippen molar-refractivity contribution >= 4 is 21.8 Å². The summed E-state index contributed by atoms with van der Waals surface area (Å²) >= 11 is 3.05. The fourth-order valence-electron chi connectivity index (χ4n) is 0.623. The van der Waals surface area contributed by atoms with Crippen LogP contribution in [0.25, 0.3) is 0 Å². The maximum Gasteiger partial charge on any atom is 0.253 e. The maximum atomic E-state index is 11.3. The molecule has 1 rings (SSSR count). The maximum absolute atomic E-state index is 11.3. The number of nitrogens with one attached hydrogen (secondary N) is 1. The second kappa shape index (κ2) is 3.48. The Bertz CT molecular complexity index is 353. The molecule has 1 aromatic heterocycles. The van der Waals surface area contributed by atoms with E-state index >= 15 is 0 Å². The molecule has 0 bridgehead atoms. The summed E-state index contributed by atoms with van der Waals surface area (Å²) in [4.78, 5) is 15.1. The molecule has 1 amide bonds. The molecular formula is C7H7BrN2O. The zero-order valence-electron chi connectivity index (χ0n) is 8.47. The summed E-state index contributed by atoms with van der Waals surface area (Å²) < 4.78 is 20.9. The number of rotatable bonds is 1. The molecule has 11 heavy (non-hydrogen) atoms. The Hall–Kier alpha value is -0.900. The van der Waals surface area contributed by atoms with E-state index in [4.69, 9.17) is 4.11 Å². The highest BCUT2D eigenvalue weighted by molar-refractivity contribution is 9.10. The topological polar surface area (TPSA) is 42.0 Å². The predicted molar refractivity (Wildman–Crippen MR) is 45.3 cm³/mol. The van der Waals surface area contributed by atoms with Crippen LogP contribution < -0.4 is 5.32 Å². The Morgan fingerprint density at radius 1 is 1.91 bits per heavy atom. The van der Waals surface area contributed by atoms with Crippen molar-refractivity contribution < 1.29 is 8.91 Å². The van der Waals surface area contributed by atoms with E-state index in [0.29, 0.717) is 4.60 Å². The number of carbonyl (C=O) groups is 1. The van der Waals surface area contributed by atoms with E-state index in [0.717, 1.165) is 0 Å². The lowest BCUT2D eigenvalue weighted by Gasteiger charge is -1.99. The second-order valence-electron chi connectivity index (χ2n) is 1.80. The van der Waals surface area contributed by atoms with E-state index in [1.54, 1.807) is 6.07 Å². The Labute approximate surface area is 77.2 Å². The van der Waals surface area contributed by atoms with Crippen molar-refractivity contribution in [2.24, 2.45) is 0 Å². The summed E-state index contributed by atoms with van der Waals surface area (Å²) in [5, 5.41) is 1.87. The Balaban J connectivity index is 2.86. The van der Waals surface area contributed by atoms with Gasteiger partial charge in [0, 0.05) is 17.3 Å². The molecule has 0 aliphatic heterocycles. The van der Waals surface area contributed by atoms with E-state index in [1.807, 2.05) is 5.32 Å². The number of aromatic nitrogens is 1. The molecule has 0 atom stereocenters. The molecule has 3 nitrogen and oxygen atoms in total. The molecule has 1 aromatic rings. The van der Waals surface area contributed by atoms with Gasteiger partial charge in [-0.3, -0.25) is 4.79 Å². The van der Waals surface area contributed by atoms with Gasteiger partial charge in [-0.25, -0.2) is 4.98 Å². The average Bonchev–Trinajstić information content (AvgIpc) is 2.01. The quantitative estimate of drug-likeness (QED) is 0.719.